The van der Waals surface area contributed by atoms with Gasteiger partial charge in [0.25, 0.3) is 5.88 Å². The summed E-state index contributed by atoms with van der Waals surface area (Å²) < 4.78 is 11.7. The van der Waals surface area contributed by atoms with Crippen molar-refractivity contribution in [3.8, 4) is 17.4 Å². The standard InChI is InChI=1S/C25H28N4O3S/c1-3-31-22-11-7-5-9-20(22)28-14-16-29(17-15-28)23(30)18-33-25-24(26-12-13-27-25)32-21-10-6-4-8-19(21)2/h4-13H,3,14-18H2,1-2H3. The average Bonchev–Trinajstić information content (AvgIpc) is 2.85. The minimum absolute atomic E-state index is 0.0882. The molecule has 7 nitrogen and oxygen atoms in total. The highest BCUT2D eigenvalue weighted by Crippen LogP contribution is 2.31. The smallest absolute Gasteiger partial charge is 0.252 e. The summed E-state index contributed by atoms with van der Waals surface area (Å²) >= 11 is 1.36. The molecule has 8 heteroatoms. The monoisotopic (exact) mass is 464 g/mol. The normalized spacial score (nSPS) is 13.6. The van der Waals surface area contributed by atoms with Gasteiger partial charge in [0.1, 0.15) is 11.5 Å². The Kier molecular flexibility index (Phi) is 7.67. The fraction of sp³-hybridized carbons (Fsp3) is 0.320. The summed E-state index contributed by atoms with van der Waals surface area (Å²) in [6.07, 6.45) is 3.21. The maximum atomic E-state index is 12.9. The number of thioether (sulfide) groups is 1. The van der Waals surface area contributed by atoms with Gasteiger partial charge in [0.15, 0.2) is 5.03 Å². The summed E-state index contributed by atoms with van der Waals surface area (Å²) in [5.41, 5.74) is 2.09. The van der Waals surface area contributed by atoms with E-state index in [1.807, 2.05) is 61.2 Å². The lowest BCUT2D eigenvalue weighted by atomic mass is 10.2. The summed E-state index contributed by atoms with van der Waals surface area (Å²) in [5.74, 6) is 2.42. The van der Waals surface area contributed by atoms with E-state index in [1.165, 1.54) is 11.8 Å². The Morgan fingerprint density at radius 1 is 0.970 bits per heavy atom. The van der Waals surface area contributed by atoms with Crippen LogP contribution in [0.2, 0.25) is 0 Å². The Morgan fingerprint density at radius 3 is 2.42 bits per heavy atom. The van der Waals surface area contributed by atoms with E-state index in [9.17, 15) is 4.79 Å². The highest BCUT2D eigenvalue weighted by atomic mass is 32.2. The van der Waals surface area contributed by atoms with Gasteiger partial charge in [0, 0.05) is 38.6 Å². The molecule has 0 bridgehead atoms. The second-order valence-electron chi connectivity index (χ2n) is 7.59. The van der Waals surface area contributed by atoms with Crippen molar-refractivity contribution in [2.24, 2.45) is 0 Å². The lowest BCUT2D eigenvalue weighted by molar-refractivity contribution is -0.128. The minimum atomic E-state index is 0.0882. The average molecular weight is 465 g/mol. The quantitative estimate of drug-likeness (QED) is 0.457. The Hall–Kier alpha value is -3.26. The molecule has 1 aliphatic heterocycles. The number of ether oxygens (including phenoxy) is 2. The molecule has 0 N–H and O–H groups in total. The summed E-state index contributed by atoms with van der Waals surface area (Å²) in [6, 6.07) is 15.8. The van der Waals surface area contributed by atoms with E-state index in [0.29, 0.717) is 36.4 Å². The van der Waals surface area contributed by atoms with E-state index in [0.717, 1.165) is 35.8 Å². The highest BCUT2D eigenvalue weighted by molar-refractivity contribution is 8.00. The summed E-state index contributed by atoms with van der Waals surface area (Å²) in [6.45, 7) is 7.49. The van der Waals surface area contributed by atoms with Gasteiger partial charge in [0.05, 0.1) is 18.0 Å². The third-order valence-corrected chi connectivity index (χ3v) is 6.35. The highest BCUT2D eigenvalue weighted by Gasteiger charge is 2.23. The van der Waals surface area contributed by atoms with Crippen LogP contribution in [0.5, 0.6) is 17.4 Å². The molecule has 1 saturated heterocycles. The molecule has 0 aliphatic carbocycles. The van der Waals surface area contributed by atoms with Crippen LogP contribution < -0.4 is 14.4 Å². The summed E-state index contributed by atoms with van der Waals surface area (Å²) in [5, 5.41) is 0.610. The molecule has 1 amide bonds. The second-order valence-corrected chi connectivity index (χ2v) is 8.56. The van der Waals surface area contributed by atoms with Crippen LogP contribution in [-0.4, -0.2) is 59.3 Å². The van der Waals surface area contributed by atoms with Crippen molar-refractivity contribution in [2.75, 3.05) is 43.4 Å². The summed E-state index contributed by atoms with van der Waals surface area (Å²) in [7, 11) is 0. The van der Waals surface area contributed by atoms with Crippen molar-refractivity contribution in [1.29, 1.82) is 0 Å². The number of piperazine rings is 1. The van der Waals surface area contributed by atoms with Crippen LogP contribution in [0, 0.1) is 6.92 Å². The molecule has 4 rings (SSSR count). The number of rotatable bonds is 8. The molecular weight excluding hydrogens is 436 g/mol. The Balaban J connectivity index is 1.33. The number of aromatic nitrogens is 2. The fourth-order valence-corrected chi connectivity index (χ4v) is 4.47. The van der Waals surface area contributed by atoms with Gasteiger partial charge in [-0.3, -0.25) is 4.79 Å². The van der Waals surface area contributed by atoms with Crippen LogP contribution in [0.15, 0.2) is 66.0 Å². The van der Waals surface area contributed by atoms with E-state index in [4.69, 9.17) is 9.47 Å². The molecule has 2 heterocycles. The number of nitrogens with zero attached hydrogens (tertiary/aromatic N) is 4. The Labute approximate surface area is 198 Å². The Bertz CT molecular complexity index is 1090. The summed E-state index contributed by atoms with van der Waals surface area (Å²) in [4.78, 5) is 25.8. The molecule has 1 fully saturated rings. The first kappa shape index (κ1) is 22.9. The zero-order valence-electron chi connectivity index (χ0n) is 18.9. The van der Waals surface area contributed by atoms with Crippen LogP contribution in [-0.2, 0) is 4.79 Å². The van der Waals surface area contributed by atoms with Crippen LogP contribution in [0.4, 0.5) is 5.69 Å². The predicted octanol–water partition coefficient (Wildman–Crippen LogP) is 4.42. The number of aryl methyl sites for hydroxylation is 1. The van der Waals surface area contributed by atoms with Gasteiger partial charge >= 0.3 is 0 Å². The lowest BCUT2D eigenvalue weighted by Crippen LogP contribution is -2.49. The Morgan fingerprint density at radius 2 is 1.67 bits per heavy atom. The maximum absolute atomic E-state index is 12.9. The van der Waals surface area contributed by atoms with Crippen LogP contribution in [0.25, 0.3) is 0 Å². The molecule has 0 saturated carbocycles. The SMILES string of the molecule is CCOc1ccccc1N1CCN(C(=O)CSc2nccnc2Oc2ccccc2C)CC1. The van der Waals surface area contributed by atoms with Gasteiger partial charge in [-0.2, -0.15) is 0 Å². The van der Waals surface area contributed by atoms with Gasteiger partial charge in [-0.25, -0.2) is 9.97 Å². The first-order valence-corrected chi connectivity index (χ1v) is 12.1. The molecule has 1 aromatic heterocycles. The van der Waals surface area contributed by atoms with E-state index in [-0.39, 0.29) is 5.91 Å². The zero-order chi connectivity index (χ0) is 23.0. The van der Waals surface area contributed by atoms with Crippen molar-refractivity contribution in [3.63, 3.8) is 0 Å². The van der Waals surface area contributed by atoms with Gasteiger partial charge < -0.3 is 19.3 Å². The molecule has 33 heavy (non-hydrogen) atoms. The van der Waals surface area contributed by atoms with Gasteiger partial charge in [0.2, 0.25) is 5.91 Å². The molecule has 2 aromatic carbocycles. The number of carbonyl (C=O) groups excluding carboxylic acids is 1. The van der Waals surface area contributed by atoms with Gasteiger partial charge in [-0.05, 0) is 37.6 Å². The van der Waals surface area contributed by atoms with E-state index < -0.39 is 0 Å². The number of anilines is 1. The predicted molar refractivity (Wildman–Crippen MR) is 130 cm³/mol. The molecule has 0 radical (unpaired) electrons. The number of benzene rings is 2. The minimum Gasteiger partial charge on any atom is -0.492 e. The van der Waals surface area contributed by atoms with Crippen LogP contribution in [0.3, 0.4) is 0 Å². The van der Waals surface area contributed by atoms with Crippen molar-refractivity contribution in [1.82, 2.24) is 14.9 Å². The third-order valence-electron chi connectivity index (χ3n) is 5.40. The van der Waals surface area contributed by atoms with E-state index in [1.54, 1.807) is 12.4 Å². The zero-order valence-corrected chi connectivity index (χ0v) is 19.8. The van der Waals surface area contributed by atoms with Crippen molar-refractivity contribution in [2.45, 2.75) is 18.9 Å². The fourth-order valence-electron chi connectivity index (χ4n) is 3.67. The van der Waals surface area contributed by atoms with Crippen LogP contribution >= 0.6 is 11.8 Å². The number of amides is 1. The second kappa shape index (κ2) is 11.0. The van der Waals surface area contributed by atoms with Gasteiger partial charge in [-0.1, -0.05) is 42.1 Å². The van der Waals surface area contributed by atoms with Crippen molar-refractivity contribution in [3.05, 3.63) is 66.5 Å². The first-order chi connectivity index (χ1) is 16.2. The van der Waals surface area contributed by atoms with Crippen molar-refractivity contribution >= 4 is 23.4 Å². The molecular formula is C25H28N4O3S. The molecule has 3 aromatic rings. The number of hydrogen-bond acceptors (Lipinski definition) is 7. The van der Waals surface area contributed by atoms with Crippen LogP contribution in [0.1, 0.15) is 12.5 Å². The van der Waals surface area contributed by atoms with E-state index in [2.05, 4.69) is 20.9 Å². The largest absolute Gasteiger partial charge is 0.492 e. The number of hydrogen-bond donors (Lipinski definition) is 0. The molecule has 1 aliphatic rings. The van der Waals surface area contributed by atoms with Crippen molar-refractivity contribution < 1.29 is 14.3 Å². The maximum Gasteiger partial charge on any atom is 0.252 e. The molecule has 0 unspecified atom stereocenters. The number of para-hydroxylation sites is 3. The molecule has 0 spiro atoms. The number of carbonyl (C=O) groups is 1. The van der Waals surface area contributed by atoms with E-state index >= 15 is 0 Å². The molecule has 172 valence electrons. The topological polar surface area (TPSA) is 67.8 Å². The van der Waals surface area contributed by atoms with Gasteiger partial charge in [-0.15, -0.1) is 0 Å². The third kappa shape index (κ3) is 5.76. The molecule has 0 atom stereocenters. The first-order valence-electron chi connectivity index (χ1n) is 11.1. The lowest BCUT2D eigenvalue weighted by Gasteiger charge is -2.36.